The summed E-state index contributed by atoms with van der Waals surface area (Å²) >= 11 is 1.21. The molecule has 4 atom stereocenters. The molecule has 0 saturated carbocycles. The Bertz CT molecular complexity index is 1080. The van der Waals surface area contributed by atoms with Gasteiger partial charge in [-0.25, -0.2) is 18.2 Å². The van der Waals surface area contributed by atoms with Crippen molar-refractivity contribution in [2.24, 2.45) is 5.92 Å². The summed E-state index contributed by atoms with van der Waals surface area (Å²) in [5.74, 6) is 0.137. The van der Waals surface area contributed by atoms with Gasteiger partial charge < -0.3 is 14.8 Å². The Balaban J connectivity index is 1.57. The van der Waals surface area contributed by atoms with Crippen molar-refractivity contribution >= 4 is 37.5 Å². The molecule has 0 bridgehead atoms. The van der Waals surface area contributed by atoms with Gasteiger partial charge in [-0.05, 0) is 65.5 Å². The number of thiazole rings is 1. The van der Waals surface area contributed by atoms with Crippen molar-refractivity contribution in [1.29, 1.82) is 0 Å². The quantitative estimate of drug-likeness (QED) is 0.561. The molecule has 0 aliphatic carbocycles. The first-order valence-electron chi connectivity index (χ1n) is 11.2. The number of ether oxygens (including phenoxy) is 2. The maximum absolute atomic E-state index is 12.8. The number of carbonyl (C=O) groups excluding carboxylic acids is 1. The number of amides is 1. The van der Waals surface area contributed by atoms with Gasteiger partial charge in [0.25, 0.3) is 0 Å². The zero-order valence-electron chi connectivity index (χ0n) is 20.1. The second-order valence-electron chi connectivity index (χ2n) is 9.84. The van der Waals surface area contributed by atoms with Crippen LogP contribution >= 0.6 is 11.3 Å². The van der Waals surface area contributed by atoms with Crippen molar-refractivity contribution in [2.75, 3.05) is 5.75 Å². The smallest absolute Gasteiger partial charge is 0.407 e. The summed E-state index contributed by atoms with van der Waals surface area (Å²) < 4.78 is 38.2. The normalized spacial score (nSPS) is 24.6. The fourth-order valence-corrected chi connectivity index (χ4v) is 6.62. The molecule has 0 unspecified atom stereocenters. The van der Waals surface area contributed by atoms with E-state index in [0.717, 1.165) is 16.7 Å². The maximum atomic E-state index is 12.8. The average Bonchev–Trinajstić information content (AvgIpc) is 3.13. The molecule has 1 aromatic heterocycles. The van der Waals surface area contributed by atoms with Gasteiger partial charge in [-0.15, -0.1) is 11.3 Å². The number of rotatable bonds is 6. The minimum absolute atomic E-state index is 0.0446. The molecular formula is C24H34N2O5S2. The molecule has 33 heavy (non-hydrogen) atoms. The molecule has 3 rings (SSSR count). The predicted octanol–water partition coefficient (Wildman–Crippen LogP) is 5.11. The monoisotopic (exact) mass is 494 g/mol. The van der Waals surface area contributed by atoms with E-state index in [1.807, 2.05) is 65.0 Å². The van der Waals surface area contributed by atoms with Crippen molar-refractivity contribution < 1.29 is 22.7 Å². The highest BCUT2D eigenvalue weighted by atomic mass is 32.2. The summed E-state index contributed by atoms with van der Waals surface area (Å²) in [6.45, 7) is 11.3. The molecule has 2 aromatic rings. The van der Waals surface area contributed by atoms with Crippen LogP contribution in [0.5, 0.6) is 0 Å². The highest BCUT2D eigenvalue weighted by Crippen LogP contribution is 2.29. The Morgan fingerprint density at radius 1 is 1.30 bits per heavy atom. The van der Waals surface area contributed by atoms with Crippen LogP contribution in [0.3, 0.4) is 0 Å². The Kier molecular flexibility index (Phi) is 7.86. The Labute approximate surface area is 200 Å². The number of carbonyl (C=O) groups is 1. The standard InChI is InChI=1S/C24H34N2O5S2/c1-15(14-33(28,29)23-26-18-9-7-8-10-21(18)32-23)11-12-20-16(2)13-19(17(3)30-20)25-22(27)31-24(4,5)6/h7-11,16-17,19-20H,12-14H2,1-6H3,(H,25,27)/b15-11+/t16-,17+,19+,20-/m0/s1. The Hall–Kier alpha value is -1.97. The van der Waals surface area contributed by atoms with Gasteiger partial charge in [0.15, 0.2) is 0 Å². The van der Waals surface area contributed by atoms with Gasteiger partial charge in [0.2, 0.25) is 14.2 Å². The predicted molar refractivity (Wildman–Crippen MR) is 131 cm³/mol. The second kappa shape index (κ2) is 10.1. The van der Waals surface area contributed by atoms with Gasteiger partial charge in [-0.2, -0.15) is 0 Å². The lowest BCUT2D eigenvalue weighted by Gasteiger charge is -2.39. The second-order valence-corrected chi connectivity index (χ2v) is 13.0. The molecule has 9 heteroatoms. The molecule has 1 amide bonds. The van der Waals surface area contributed by atoms with Crippen LogP contribution in [0.2, 0.25) is 0 Å². The molecule has 0 spiro atoms. The Morgan fingerprint density at radius 2 is 2.00 bits per heavy atom. The van der Waals surface area contributed by atoms with E-state index < -0.39 is 21.5 Å². The largest absolute Gasteiger partial charge is 0.444 e. The van der Waals surface area contributed by atoms with Crippen LogP contribution in [0.4, 0.5) is 4.79 Å². The van der Waals surface area contributed by atoms with Crippen molar-refractivity contribution in [3.8, 4) is 0 Å². The van der Waals surface area contributed by atoms with Gasteiger partial charge >= 0.3 is 6.09 Å². The van der Waals surface area contributed by atoms with E-state index in [0.29, 0.717) is 11.9 Å². The maximum Gasteiger partial charge on any atom is 0.407 e. The summed E-state index contributed by atoms with van der Waals surface area (Å²) in [5, 5.41) is 2.91. The highest BCUT2D eigenvalue weighted by molar-refractivity contribution is 7.93. The van der Waals surface area contributed by atoms with Crippen molar-refractivity contribution in [2.45, 2.75) is 82.6 Å². The number of alkyl carbamates (subject to hydrolysis) is 1. The van der Waals surface area contributed by atoms with E-state index in [2.05, 4.69) is 17.2 Å². The lowest BCUT2D eigenvalue weighted by atomic mass is 9.88. The third kappa shape index (κ3) is 7.01. The number of aromatic nitrogens is 1. The summed E-state index contributed by atoms with van der Waals surface area (Å²) in [6.07, 6.45) is 2.67. The topological polar surface area (TPSA) is 94.6 Å². The molecule has 182 valence electrons. The van der Waals surface area contributed by atoms with Crippen LogP contribution in [0.25, 0.3) is 10.2 Å². The lowest BCUT2D eigenvalue weighted by molar-refractivity contribution is -0.0862. The molecule has 1 aliphatic rings. The number of sulfone groups is 1. The molecule has 7 nitrogen and oxygen atoms in total. The molecule has 1 N–H and O–H groups in total. The molecule has 1 fully saturated rings. The fourth-order valence-electron chi connectivity index (χ4n) is 3.89. The van der Waals surface area contributed by atoms with Crippen LogP contribution in [0.1, 0.15) is 54.4 Å². The Morgan fingerprint density at radius 3 is 2.67 bits per heavy atom. The minimum atomic E-state index is -3.50. The SMILES string of the molecule is C/C(=C\C[C@@H]1O[C@H](C)[C@H](NC(=O)OC(C)(C)C)C[C@@H]1C)CS(=O)(=O)c1nc2ccccc2s1. The number of nitrogens with zero attached hydrogens (tertiary/aromatic N) is 1. The van der Waals surface area contributed by atoms with Crippen LogP contribution in [-0.4, -0.2) is 49.1 Å². The zero-order chi connectivity index (χ0) is 24.4. The lowest BCUT2D eigenvalue weighted by Crippen LogP contribution is -2.51. The van der Waals surface area contributed by atoms with E-state index in [1.54, 1.807) is 0 Å². The van der Waals surface area contributed by atoms with Crippen molar-refractivity contribution in [1.82, 2.24) is 10.3 Å². The number of benzene rings is 1. The molecular weight excluding hydrogens is 460 g/mol. The van der Waals surface area contributed by atoms with Gasteiger partial charge in [0, 0.05) is 0 Å². The van der Waals surface area contributed by atoms with E-state index in [4.69, 9.17) is 9.47 Å². The number of para-hydroxylation sites is 1. The van der Waals surface area contributed by atoms with Crippen LogP contribution < -0.4 is 5.32 Å². The molecule has 1 saturated heterocycles. The van der Waals surface area contributed by atoms with Crippen LogP contribution in [0, 0.1) is 5.92 Å². The first-order chi connectivity index (χ1) is 15.3. The van der Waals surface area contributed by atoms with E-state index >= 15 is 0 Å². The first-order valence-corrected chi connectivity index (χ1v) is 13.7. The molecule has 1 aromatic carbocycles. The van der Waals surface area contributed by atoms with Gasteiger partial charge in [-0.1, -0.05) is 30.7 Å². The molecule has 0 radical (unpaired) electrons. The van der Waals surface area contributed by atoms with E-state index in [-0.39, 0.29) is 34.3 Å². The minimum Gasteiger partial charge on any atom is -0.444 e. The number of fused-ring (bicyclic) bond motifs is 1. The van der Waals surface area contributed by atoms with Gasteiger partial charge in [0.05, 0.1) is 34.2 Å². The number of hydrogen-bond acceptors (Lipinski definition) is 7. The van der Waals surface area contributed by atoms with E-state index in [9.17, 15) is 13.2 Å². The van der Waals surface area contributed by atoms with Crippen molar-refractivity contribution in [3.63, 3.8) is 0 Å². The third-order valence-corrected chi connectivity index (χ3v) is 8.88. The van der Waals surface area contributed by atoms with E-state index in [1.165, 1.54) is 11.3 Å². The van der Waals surface area contributed by atoms with Crippen LogP contribution in [0.15, 0.2) is 40.3 Å². The fraction of sp³-hybridized carbons (Fsp3) is 0.583. The van der Waals surface area contributed by atoms with Crippen molar-refractivity contribution in [3.05, 3.63) is 35.9 Å². The summed E-state index contributed by atoms with van der Waals surface area (Å²) in [7, 11) is -3.50. The summed E-state index contributed by atoms with van der Waals surface area (Å²) in [4.78, 5) is 16.4. The first kappa shape index (κ1) is 25.6. The van der Waals surface area contributed by atoms with Gasteiger partial charge in [0.1, 0.15) is 5.60 Å². The summed E-state index contributed by atoms with van der Waals surface area (Å²) in [5.41, 5.74) is 0.924. The molecule has 1 aliphatic heterocycles. The average molecular weight is 495 g/mol. The number of hydrogen-bond donors (Lipinski definition) is 1. The number of nitrogens with one attached hydrogen (secondary N) is 1. The highest BCUT2D eigenvalue weighted by Gasteiger charge is 2.34. The molecule has 2 heterocycles. The van der Waals surface area contributed by atoms with Gasteiger partial charge in [-0.3, -0.25) is 0 Å². The van der Waals surface area contributed by atoms with Crippen LogP contribution in [-0.2, 0) is 19.3 Å². The summed E-state index contributed by atoms with van der Waals surface area (Å²) in [6, 6.07) is 7.30. The third-order valence-electron chi connectivity index (χ3n) is 5.58. The zero-order valence-corrected chi connectivity index (χ0v) is 21.8.